The molecule has 0 radical (unpaired) electrons. The topological polar surface area (TPSA) is 38.7 Å². The van der Waals surface area contributed by atoms with Crippen molar-refractivity contribution in [1.29, 1.82) is 0 Å². The maximum atomic E-state index is 11.6. The predicted molar refractivity (Wildman–Crippen MR) is 102 cm³/mol. The second-order valence-corrected chi connectivity index (χ2v) is 8.05. The quantitative estimate of drug-likeness (QED) is 0.829. The molecule has 4 rings (SSSR count). The van der Waals surface area contributed by atoms with Gasteiger partial charge < -0.3 is 4.74 Å². The van der Waals surface area contributed by atoms with Crippen molar-refractivity contribution in [3.05, 3.63) is 65.2 Å². The van der Waals surface area contributed by atoms with Crippen LogP contribution in [0, 0.1) is 11.8 Å². The van der Waals surface area contributed by atoms with Gasteiger partial charge in [-0.05, 0) is 54.5 Å². The molecule has 0 N–H and O–H groups in total. The van der Waals surface area contributed by atoms with Crippen LogP contribution in [0.3, 0.4) is 0 Å². The lowest BCUT2D eigenvalue weighted by molar-refractivity contribution is 0.305. The van der Waals surface area contributed by atoms with Gasteiger partial charge in [0, 0.05) is 23.8 Å². The molecule has 3 atom stereocenters. The molecule has 3 nitrogen and oxygen atoms in total. The fraction of sp³-hybridized carbons (Fsp3) is 0.381. The first kappa shape index (κ1) is 16.5. The number of fused-ring (bicyclic) bond motifs is 3. The van der Waals surface area contributed by atoms with E-state index in [9.17, 15) is 4.21 Å². The van der Waals surface area contributed by atoms with Gasteiger partial charge in [-0.1, -0.05) is 36.4 Å². The van der Waals surface area contributed by atoms with Gasteiger partial charge in [-0.2, -0.15) is 4.40 Å². The zero-order valence-electron chi connectivity index (χ0n) is 14.5. The number of rotatable bonds is 4. The number of ether oxygens (including phenoxy) is 1. The number of hydrogen-bond donors (Lipinski definition) is 0. The van der Waals surface area contributed by atoms with E-state index < -0.39 is 11.0 Å². The molecule has 2 aromatic carbocycles. The fourth-order valence-corrected chi connectivity index (χ4v) is 4.69. The van der Waals surface area contributed by atoms with Gasteiger partial charge in [0.15, 0.2) is 0 Å². The number of hydrogen-bond acceptors (Lipinski definition) is 2. The maximum Gasteiger partial charge on any atom is 0.136 e. The van der Waals surface area contributed by atoms with Crippen molar-refractivity contribution in [1.82, 2.24) is 0 Å². The SMILES string of the molecule is CS(=O)N=C1[C@@H]2CC[C@H]1Cc1ccc(OCc3ccccc3)cc1C2. The molecule has 2 aliphatic carbocycles. The van der Waals surface area contributed by atoms with Crippen LogP contribution in [0.2, 0.25) is 0 Å². The zero-order chi connectivity index (χ0) is 17.2. The van der Waals surface area contributed by atoms with E-state index in [-0.39, 0.29) is 0 Å². The van der Waals surface area contributed by atoms with Crippen LogP contribution < -0.4 is 4.74 Å². The minimum Gasteiger partial charge on any atom is -0.489 e. The molecule has 1 unspecified atom stereocenters. The van der Waals surface area contributed by atoms with Gasteiger partial charge in [0.2, 0.25) is 0 Å². The number of nitrogens with zero attached hydrogens (tertiary/aromatic N) is 1. The first-order chi connectivity index (χ1) is 12.2. The Morgan fingerprint density at radius 3 is 2.48 bits per heavy atom. The summed E-state index contributed by atoms with van der Waals surface area (Å²) in [5.74, 6) is 1.84. The van der Waals surface area contributed by atoms with E-state index >= 15 is 0 Å². The Kier molecular flexibility index (Phi) is 4.71. The highest BCUT2D eigenvalue weighted by molar-refractivity contribution is 7.83. The van der Waals surface area contributed by atoms with Gasteiger partial charge in [0.05, 0.1) is 0 Å². The van der Waals surface area contributed by atoms with Crippen LogP contribution in [-0.4, -0.2) is 16.2 Å². The average molecular weight is 353 g/mol. The van der Waals surface area contributed by atoms with E-state index in [4.69, 9.17) is 4.74 Å². The number of benzene rings is 2. The van der Waals surface area contributed by atoms with Gasteiger partial charge >= 0.3 is 0 Å². The van der Waals surface area contributed by atoms with Crippen molar-refractivity contribution in [2.24, 2.45) is 16.2 Å². The minimum atomic E-state index is -1.10. The molecule has 2 aromatic rings. The summed E-state index contributed by atoms with van der Waals surface area (Å²) in [6.07, 6.45) is 6.01. The van der Waals surface area contributed by atoms with Crippen molar-refractivity contribution < 1.29 is 8.95 Å². The first-order valence-electron chi connectivity index (χ1n) is 8.89. The van der Waals surface area contributed by atoms with Gasteiger partial charge in [0.25, 0.3) is 0 Å². The standard InChI is InChI=1S/C21H23NO2S/c1-25(23)22-21-17-7-8-18(21)12-19-13-20(10-9-16(19)11-17)24-14-15-5-3-2-4-6-15/h2-6,9-10,13,17-18H,7-8,11-12,14H2,1H3/t17-,18+,25?/m0/s1. The van der Waals surface area contributed by atoms with E-state index in [1.54, 1.807) is 6.26 Å². The highest BCUT2D eigenvalue weighted by atomic mass is 32.2. The van der Waals surface area contributed by atoms with Crippen LogP contribution in [0.25, 0.3) is 0 Å². The second-order valence-electron chi connectivity index (χ2n) is 7.02. The summed E-state index contributed by atoms with van der Waals surface area (Å²) in [5.41, 5.74) is 5.13. The summed E-state index contributed by atoms with van der Waals surface area (Å²) >= 11 is 0. The van der Waals surface area contributed by atoms with Crippen molar-refractivity contribution in [3.8, 4) is 5.75 Å². The summed E-state index contributed by atoms with van der Waals surface area (Å²) in [5, 5.41) is 0. The van der Waals surface area contributed by atoms with E-state index in [1.165, 1.54) is 28.8 Å². The van der Waals surface area contributed by atoms with Crippen molar-refractivity contribution in [3.63, 3.8) is 0 Å². The maximum absolute atomic E-state index is 11.6. The molecule has 1 saturated carbocycles. The molecule has 0 aliphatic heterocycles. The normalized spacial score (nSPS) is 24.6. The third-order valence-corrected chi connectivity index (χ3v) is 5.76. The Hall–Kier alpha value is -1.94. The molecule has 0 aromatic heterocycles. The fourth-order valence-electron chi connectivity index (χ4n) is 4.10. The summed E-state index contributed by atoms with van der Waals surface area (Å²) in [6, 6.07) is 16.7. The highest BCUT2D eigenvalue weighted by Crippen LogP contribution is 2.39. The van der Waals surface area contributed by atoms with Crippen LogP contribution in [0.1, 0.15) is 29.5 Å². The molecular formula is C21H23NO2S. The molecule has 2 aliphatic rings. The Labute approximate surface area is 151 Å². The Bertz CT molecular complexity index is 816. The average Bonchev–Trinajstić information content (AvgIpc) is 2.88. The summed E-state index contributed by atoms with van der Waals surface area (Å²) in [7, 11) is -1.10. The van der Waals surface area contributed by atoms with Crippen LogP contribution in [-0.2, 0) is 30.4 Å². The van der Waals surface area contributed by atoms with Crippen LogP contribution in [0.15, 0.2) is 52.9 Å². The van der Waals surface area contributed by atoms with E-state index in [0.717, 1.165) is 25.0 Å². The second kappa shape index (κ2) is 7.12. The smallest absolute Gasteiger partial charge is 0.136 e. The lowest BCUT2D eigenvalue weighted by Gasteiger charge is -2.14. The van der Waals surface area contributed by atoms with E-state index in [2.05, 4.69) is 34.7 Å². The zero-order valence-corrected chi connectivity index (χ0v) is 15.3. The first-order valence-corrected chi connectivity index (χ1v) is 10.4. The molecular weight excluding hydrogens is 330 g/mol. The van der Waals surface area contributed by atoms with E-state index in [0.29, 0.717) is 18.4 Å². The molecule has 0 saturated heterocycles. The molecule has 2 bridgehead atoms. The Morgan fingerprint density at radius 1 is 1.04 bits per heavy atom. The van der Waals surface area contributed by atoms with Gasteiger partial charge in [-0.15, -0.1) is 0 Å². The Balaban J connectivity index is 1.53. The van der Waals surface area contributed by atoms with Gasteiger partial charge in [-0.3, -0.25) is 0 Å². The molecule has 0 heterocycles. The highest BCUT2D eigenvalue weighted by Gasteiger charge is 2.36. The third kappa shape index (κ3) is 3.69. The van der Waals surface area contributed by atoms with Crippen LogP contribution in [0.5, 0.6) is 5.75 Å². The van der Waals surface area contributed by atoms with Gasteiger partial charge in [-0.25, -0.2) is 4.21 Å². The minimum absolute atomic E-state index is 0.444. The lowest BCUT2D eigenvalue weighted by atomic mass is 9.93. The summed E-state index contributed by atoms with van der Waals surface area (Å²) in [6.45, 7) is 0.590. The molecule has 4 heteroatoms. The Morgan fingerprint density at radius 2 is 1.76 bits per heavy atom. The predicted octanol–water partition coefficient (Wildman–Crippen LogP) is 4.12. The monoisotopic (exact) mass is 353 g/mol. The van der Waals surface area contributed by atoms with Crippen LogP contribution in [0.4, 0.5) is 0 Å². The lowest BCUT2D eigenvalue weighted by Crippen LogP contribution is -2.15. The molecule has 1 fully saturated rings. The van der Waals surface area contributed by atoms with Gasteiger partial charge in [0.1, 0.15) is 23.3 Å². The summed E-state index contributed by atoms with van der Waals surface area (Å²) < 4.78 is 22.0. The third-order valence-electron chi connectivity index (χ3n) is 5.29. The van der Waals surface area contributed by atoms with Crippen LogP contribution >= 0.6 is 0 Å². The van der Waals surface area contributed by atoms with Crippen molar-refractivity contribution in [2.45, 2.75) is 32.3 Å². The van der Waals surface area contributed by atoms with Crippen molar-refractivity contribution >= 4 is 16.7 Å². The van der Waals surface area contributed by atoms with E-state index in [1.807, 2.05) is 18.2 Å². The molecule has 130 valence electrons. The molecule has 0 spiro atoms. The summed E-state index contributed by atoms with van der Waals surface area (Å²) in [4.78, 5) is 0. The largest absolute Gasteiger partial charge is 0.489 e. The molecule has 25 heavy (non-hydrogen) atoms. The van der Waals surface area contributed by atoms with Crippen molar-refractivity contribution in [2.75, 3.05) is 6.26 Å². The molecule has 0 amide bonds.